The quantitative estimate of drug-likeness (QED) is 0.310. The van der Waals surface area contributed by atoms with Crippen molar-refractivity contribution in [3.63, 3.8) is 0 Å². The molecule has 0 unspecified atom stereocenters. The fourth-order valence-electron chi connectivity index (χ4n) is 3.82. The van der Waals surface area contributed by atoms with Crippen molar-refractivity contribution in [2.45, 2.75) is 0 Å². The van der Waals surface area contributed by atoms with Crippen LogP contribution in [0.5, 0.6) is 0 Å². The summed E-state index contributed by atoms with van der Waals surface area (Å²) in [5, 5.41) is 2.68. The van der Waals surface area contributed by atoms with Gasteiger partial charge < -0.3 is 4.42 Å². The average Bonchev–Trinajstić information content (AvgIpc) is 2.79. The highest BCUT2D eigenvalue weighted by atomic mass is 35.5. The number of fused-ring (bicyclic) bond motifs is 1. The number of benzene rings is 4. The van der Waals surface area contributed by atoms with Crippen LogP contribution in [0, 0.1) is 0 Å². The van der Waals surface area contributed by atoms with Crippen LogP contribution in [0.25, 0.3) is 44.3 Å². The molecule has 0 saturated heterocycles. The van der Waals surface area contributed by atoms with Gasteiger partial charge in [0.1, 0.15) is 5.76 Å². The summed E-state index contributed by atoms with van der Waals surface area (Å²) in [5.74, 6) is 0.491. The first-order chi connectivity index (χ1) is 14.7. The second-order valence-corrected chi connectivity index (χ2v) is 7.53. The highest BCUT2D eigenvalue weighted by molar-refractivity contribution is 6.30. The van der Waals surface area contributed by atoms with E-state index in [0.29, 0.717) is 16.3 Å². The van der Waals surface area contributed by atoms with E-state index >= 15 is 0 Å². The Hall–Kier alpha value is -3.62. The Morgan fingerprint density at radius 1 is 0.633 bits per heavy atom. The van der Waals surface area contributed by atoms with Gasteiger partial charge in [-0.2, -0.15) is 0 Å². The SMILES string of the molecule is O=c1oc(-c2cccc(Cl)c2)cc(-c2ccccc2)c1-c1cccc2ccccc12. The van der Waals surface area contributed by atoms with Crippen LogP contribution in [0.1, 0.15) is 0 Å². The number of hydrogen-bond acceptors (Lipinski definition) is 2. The summed E-state index contributed by atoms with van der Waals surface area (Å²) in [7, 11) is 0. The summed E-state index contributed by atoms with van der Waals surface area (Å²) in [6.07, 6.45) is 0. The molecule has 1 heterocycles. The van der Waals surface area contributed by atoms with Gasteiger partial charge in [0.15, 0.2) is 0 Å². The van der Waals surface area contributed by atoms with E-state index in [1.54, 1.807) is 12.1 Å². The molecule has 144 valence electrons. The summed E-state index contributed by atoms with van der Waals surface area (Å²) in [5.41, 5.74) is 3.60. The summed E-state index contributed by atoms with van der Waals surface area (Å²) in [6, 6.07) is 33.2. The van der Waals surface area contributed by atoms with Crippen molar-refractivity contribution < 1.29 is 4.42 Å². The largest absolute Gasteiger partial charge is 0.422 e. The molecule has 0 fully saturated rings. The maximum atomic E-state index is 13.3. The van der Waals surface area contributed by atoms with Gasteiger partial charge in [-0.05, 0) is 40.1 Å². The number of halogens is 1. The molecule has 0 saturated carbocycles. The van der Waals surface area contributed by atoms with Crippen molar-refractivity contribution in [3.05, 3.63) is 119 Å². The van der Waals surface area contributed by atoms with Gasteiger partial charge in [0, 0.05) is 16.1 Å². The predicted molar refractivity (Wildman–Crippen MR) is 124 cm³/mol. The lowest BCUT2D eigenvalue weighted by atomic mass is 9.92. The van der Waals surface area contributed by atoms with Gasteiger partial charge in [0.25, 0.3) is 0 Å². The van der Waals surface area contributed by atoms with Gasteiger partial charge >= 0.3 is 5.63 Å². The van der Waals surface area contributed by atoms with E-state index in [4.69, 9.17) is 16.0 Å². The topological polar surface area (TPSA) is 30.2 Å². The van der Waals surface area contributed by atoms with E-state index in [1.807, 2.05) is 91.0 Å². The zero-order valence-electron chi connectivity index (χ0n) is 16.0. The minimum atomic E-state index is -0.373. The van der Waals surface area contributed by atoms with Crippen molar-refractivity contribution >= 4 is 22.4 Å². The maximum absolute atomic E-state index is 13.3. The molecule has 0 radical (unpaired) electrons. The first-order valence-electron chi connectivity index (χ1n) is 9.68. The third kappa shape index (κ3) is 3.32. The van der Waals surface area contributed by atoms with E-state index in [1.165, 1.54) is 0 Å². The highest BCUT2D eigenvalue weighted by Crippen LogP contribution is 2.36. The Morgan fingerprint density at radius 2 is 1.33 bits per heavy atom. The Kier molecular flexibility index (Phi) is 4.70. The summed E-state index contributed by atoms with van der Waals surface area (Å²) in [4.78, 5) is 13.3. The Labute approximate surface area is 179 Å². The van der Waals surface area contributed by atoms with Gasteiger partial charge in [-0.1, -0.05) is 96.5 Å². The molecular formula is C27H17ClO2. The molecular weight excluding hydrogens is 392 g/mol. The Balaban J connectivity index is 1.84. The van der Waals surface area contributed by atoms with E-state index in [-0.39, 0.29) is 5.63 Å². The number of hydrogen-bond donors (Lipinski definition) is 0. The Morgan fingerprint density at radius 3 is 2.17 bits per heavy atom. The van der Waals surface area contributed by atoms with Crippen LogP contribution in [-0.4, -0.2) is 0 Å². The summed E-state index contributed by atoms with van der Waals surface area (Å²) >= 11 is 6.16. The molecule has 2 nitrogen and oxygen atoms in total. The molecule has 0 N–H and O–H groups in total. The standard InChI is InChI=1S/C27H17ClO2/c28-21-13-6-12-20(16-21)25-17-24(19-8-2-1-3-9-19)26(27(29)30-25)23-15-7-11-18-10-4-5-14-22(18)23/h1-17H. The van der Waals surface area contributed by atoms with Crippen molar-refractivity contribution in [2.24, 2.45) is 0 Å². The first kappa shape index (κ1) is 18.4. The third-order valence-corrected chi connectivity index (χ3v) is 5.44. The third-order valence-electron chi connectivity index (χ3n) is 5.20. The predicted octanol–water partition coefficient (Wildman–Crippen LogP) is 7.45. The first-order valence-corrected chi connectivity index (χ1v) is 10.1. The fourth-order valence-corrected chi connectivity index (χ4v) is 4.01. The second kappa shape index (κ2) is 7.66. The molecule has 0 aliphatic carbocycles. The van der Waals surface area contributed by atoms with Crippen molar-refractivity contribution in [3.8, 4) is 33.6 Å². The molecule has 5 aromatic rings. The van der Waals surface area contributed by atoms with Crippen molar-refractivity contribution in [2.75, 3.05) is 0 Å². The zero-order valence-corrected chi connectivity index (χ0v) is 16.8. The molecule has 0 aliphatic rings. The van der Waals surface area contributed by atoms with Crippen molar-refractivity contribution in [1.29, 1.82) is 0 Å². The van der Waals surface area contributed by atoms with Crippen LogP contribution in [0.4, 0.5) is 0 Å². The molecule has 30 heavy (non-hydrogen) atoms. The van der Waals surface area contributed by atoms with Crippen LogP contribution in [-0.2, 0) is 0 Å². The zero-order chi connectivity index (χ0) is 20.5. The van der Waals surface area contributed by atoms with E-state index in [0.717, 1.165) is 33.0 Å². The van der Waals surface area contributed by atoms with Crippen LogP contribution in [0.15, 0.2) is 112 Å². The lowest BCUT2D eigenvalue weighted by Gasteiger charge is -2.13. The molecule has 0 bridgehead atoms. The van der Waals surface area contributed by atoms with Gasteiger partial charge in [-0.3, -0.25) is 0 Å². The van der Waals surface area contributed by atoms with Crippen LogP contribution >= 0.6 is 11.6 Å². The molecule has 1 aromatic heterocycles. The van der Waals surface area contributed by atoms with Crippen LogP contribution in [0.2, 0.25) is 5.02 Å². The lowest BCUT2D eigenvalue weighted by molar-refractivity contribution is 0.529. The van der Waals surface area contributed by atoms with Gasteiger partial charge in [0.05, 0.1) is 5.56 Å². The van der Waals surface area contributed by atoms with Crippen LogP contribution < -0.4 is 5.63 Å². The average molecular weight is 409 g/mol. The molecule has 4 aromatic carbocycles. The number of rotatable bonds is 3. The molecule has 0 amide bonds. The normalized spacial score (nSPS) is 11.0. The van der Waals surface area contributed by atoms with Gasteiger partial charge in [-0.25, -0.2) is 4.79 Å². The molecule has 0 spiro atoms. The smallest absolute Gasteiger partial charge is 0.344 e. The summed E-state index contributed by atoms with van der Waals surface area (Å²) in [6.45, 7) is 0. The van der Waals surface area contributed by atoms with E-state index in [9.17, 15) is 4.79 Å². The van der Waals surface area contributed by atoms with Crippen molar-refractivity contribution in [1.82, 2.24) is 0 Å². The minimum absolute atomic E-state index is 0.373. The molecule has 0 atom stereocenters. The van der Waals surface area contributed by atoms with Gasteiger partial charge in [-0.15, -0.1) is 0 Å². The maximum Gasteiger partial charge on any atom is 0.344 e. The second-order valence-electron chi connectivity index (χ2n) is 7.09. The van der Waals surface area contributed by atoms with E-state index < -0.39 is 0 Å². The fraction of sp³-hybridized carbons (Fsp3) is 0. The molecule has 5 rings (SSSR count). The molecule has 0 aliphatic heterocycles. The monoisotopic (exact) mass is 408 g/mol. The Bertz CT molecular complexity index is 1410. The van der Waals surface area contributed by atoms with Gasteiger partial charge in [0.2, 0.25) is 0 Å². The summed E-state index contributed by atoms with van der Waals surface area (Å²) < 4.78 is 5.80. The lowest BCUT2D eigenvalue weighted by Crippen LogP contribution is -2.06. The molecule has 3 heteroatoms. The highest BCUT2D eigenvalue weighted by Gasteiger charge is 2.18. The van der Waals surface area contributed by atoms with E-state index in [2.05, 4.69) is 0 Å². The van der Waals surface area contributed by atoms with Crippen LogP contribution in [0.3, 0.4) is 0 Å². The minimum Gasteiger partial charge on any atom is -0.422 e.